The summed E-state index contributed by atoms with van der Waals surface area (Å²) in [5, 5.41) is 5.03. The first kappa shape index (κ1) is 22.7. The molecule has 0 saturated heterocycles. The van der Waals surface area contributed by atoms with E-state index in [1.54, 1.807) is 48.5 Å². The van der Waals surface area contributed by atoms with E-state index in [1.807, 2.05) is 13.8 Å². The third kappa shape index (κ3) is 5.38. The van der Waals surface area contributed by atoms with Crippen molar-refractivity contribution < 1.29 is 22.7 Å². The molecule has 0 aliphatic rings. The number of nitrogens with two attached hydrogens (primary N) is 1. The van der Waals surface area contributed by atoms with E-state index in [-0.39, 0.29) is 10.6 Å². The van der Waals surface area contributed by atoms with Gasteiger partial charge in [0.05, 0.1) is 10.6 Å². The summed E-state index contributed by atoms with van der Waals surface area (Å²) in [6, 6.07) is 17.5. The number of rotatable bonds is 6. The van der Waals surface area contributed by atoms with Gasteiger partial charge >= 0.3 is 5.97 Å². The molecule has 2 N–H and O–H groups in total. The SMILES string of the molecule is Cc1ccc(C(=O)C(OC(=O)c2ccc(Cl)c(S(N)(=O)=O)c2)c2ccc(C)cc2)cc1. The molecule has 0 amide bonds. The molecule has 6 nitrogen and oxygen atoms in total. The Balaban J connectivity index is 1.98. The Morgan fingerprint density at radius 2 is 1.39 bits per heavy atom. The van der Waals surface area contributed by atoms with Gasteiger partial charge in [0.2, 0.25) is 15.8 Å². The Kier molecular flexibility index (Phi) is 6.59. The molecule has 3 rings (SSSR count). The Bertz CT molecular complexity index is 1240. The van der Waals surface area contributed by atoms with Crippen LogP contribution in [-0.2, 0) is 14.8 Å². The molecule has 1 atom stereocenters. The first-order valence-corrected chi connectivity index (χ1v) is 11.2. The molecule has 0 aliphatic heterocycles. The van der Waals surface area contributed by atoms with Crippen molar-refractivity contribution in [3.05, 3.63) is 99.6 Å². The van der Waals surface area contributed by atoms with Gasteiger partial charge in [-0.1, -0.05) is 71.3 Å². The normalized spacial score (nSPS) is 12.3. The zero-order valence-electron chi connectivity index (χ0n) is 16.8. The van der Waals surface area contributed by atoms with Crippen LogP contribution in [0.3, 0.4) is 0 Å². The lowest BCUT2D eigenvalue weighted by Gasteiger charge is -2.18. The second kappa shape index (κ2) is 9.01. The highest BCUT2D eigenvalue weighted by Gasteiger charge is 2.27. The predicted molar refractivity (Wildman–Crippen MR) is 118 cm³/mol. The fraction of sp³-hybridized carbons (Fsp3) is 0.130. The third-order valence-electron chi connectivity index (χ3n) is 4.65. The fourth-order valence-corrected chi connectivity index (χ4v) is 3.98. The van der Waals surface area contributed by atoms with Crippen molar-refractivity contribution >= 4 is 33.4 Å². The Morgan fingerprint density at radius 1 is 0.871 bits per heavy atom. The van der Waals surface area contributed by atoms with Gasteiger partial charge in [0.15, 0.2) is 6.10 Å². The van der Waals surface area contributed by atoms with Gasteiger partial charge in [-0.2, -0.15) is 0 Å². The molecular weight excluding hydrogens is 438 g/mol. The van der Waals surface area contributed by atoms with Crippen LogP contribution in [0.5, 0.6) is 0 Å². The molecule has 0 spiro atoms. The van der Waals surface area contributed by atoms with Crippen LogP contribution < -0.4 is 5.14 Å². The van der Waals surface area contributed by atoms with Crippen molar-refractivity contribution in [3.63, 3.8) is 0 Å². The number of ether oxygens (including phenoxy) is 1. The van der Waals surface area contributed by atoms with Crippen LogP contribution in [0.2, 0.25) is 5.02 Å². The van der Waals surface area contributed by atoms with E-state index < -0.39 is 32.8 Å². The van der Waals surface area contributed by atoms with Crippen molar-refractivity contribution in [3.8, 4) is 0 Å². The summed E-state index contributed by atoms with van der Waals surface area (Å²) in [6.45, 7) is 3.80. The highest BCUT2D eigenvalue weighted by atomic mass is 35.5. The molecule has 8 heteroatoms. The number of aryl methyl sites for hydroxylation is 2. The van der Waals surface area contributed by atoms with E-state index in [0.29, 0.717) is 11.1 Å². The quantitative estimate of drug-likeness (QED) is 0.436. The lowest BCUT2D eigenvalue weighted by Crippen LogP contribution is -2.21. The van der Waals surface area contributed by atoms with Gasteiger partial charge in [-0.25, -0.2) is 18.4 Å². The Labute approximate surface area is 185 Å². The number of halogens is 1. The number of Topliss-reactive ketones (excluding diaryl/α,β-unsaturated/α-hetero) is 1. The van der Waals surface area contributed by atoms with Crippen LogP contribution in [0.15, 0.2) is 71.6 Å². The highest BCUT2D eigenvalue weighted by Crippen LogP contribution is 2.27. The molecular formula is C23H20ClNO5S. The topological polar surface area (TPSA) is 104 Å². The van der Waals surface area contributed by atoms with E-state index >= 15 is 0 Å². The molecule has 0 radical (unpaired) electrons. The number of primary sulfonamides is 1. The summed E-state index contributed by atoms with van der Waals surface area (Å²) in [5.41, 5.74) is 2.74. The monoisotopic (exact) mass is 457 g/mol. The Morgan fingerprint density at radius 3 is 1.94 bits per heavy atom. The standard InChI is InChI=1S/C23H20ClNO5S/c1-14-3-7-16(8-4-14)21(26)22(17-9-5-15(2)6-10-17)30-23(27)18-11-12-19(24)20(13-18)31(25,28)29/h3-13,22H,1-2H3,(H2,25,28,29). The summed E-state index contributed by atoms with van der Waals surface area (Å²) in [4.78, 5) is 25.6. The molecule has 3 aromatic carbocycles. The zero-order chi connectivity index (χ0) is 22.8. The summed E-state index contributed by atoms with van der Waals surface area (Å²) < 4.78 is 29.0. The summed E-state index contributed by atoms with van der Waals surface area (Å²) in [6.07, 6.45) is -1.22. The number of carbonyl (C=O) groups excluding carboxylic acids is 2. The predicted octanol–water partition coefficient (Wildman–Crippen LogP) is 4.39. The number of sulfonamides is 1. The first-order chi connectivity index (χ1) is 14.6. The maximum Gasteiger partial charge on any atom is 0.339 e. The molecule has 0 aliphatic carbocycles. The van der Waals surface area contributed by atoms with Crippen molar-refractivity contribution in [2.45, 2.75) is 24.8 Å². The Hall–Kier alpha value is -3.00. The average molecular weight is 458 g/mol. The zero-order valence-corrected chi connectivity index (χ0v) is 18.4. The fourth-order valence-electron chi connectivity index (χ4n) is 2.91. The summed E-state index contributed by atoms with van der Waals surface area (Å²) >= 11 is 5.88. The van der Waals surface area contributed by atoms with Crippen LogP contribution in [0.4, 0.5) is 0 Å². The molecule has 160 valence electrons. The number of carbonyl (C=O) groups is 2. The van der Waals surface area contributed by atoms with Gasteiger partial charge in [-0.05, 0) is 32.0 Å². The molecule has 3 aromatic rings. The number of hydrogen-bond acceptors (Lipinski definition) is 5. The average Bonchev–Trinajstić information content (AvgIpc) is 2.72. The van der Waals surface area contributed by atoms with Crippen molar-refractivity contribution in [1.82, 2.24) is 0 Å². The molecule has 0 aromatic heterocycles. The minimum absolute atomic E-state index is 0.0951. The number of benzene rings is 3. The van der Waals surface area contributed by atoms with Gasteiger partial charge in [-0.15, -0.1) is 0 Å². The van der Waals surface area contributed by atoms with E-state index in [1.165, 1.54) is 12.1 Å². The third-order valence-corrected chi connectivity index (χ3v) is 6.05. The maximum atomic E-state index is 13.2. The highest BCUT2D eigenvalue weighted by molar-refractivity contribution is 7.89. The van der Waals surface area contributed by atoms with Crippen molar-refractivity contribution in [2.24, 2.45) is 5.14 Å². The summed E-state index contributed by atoms with van der Waals surface area (Å²) in [5.74, 6) is -1.29. The van der Waals surface area contributed by atoms with Crippen LogP contribution in [-0.4, -0.2) is 20.2 Å². The maximum absolute atomic E-state index is 13.2. The number of esters is 1. The molecule has 0 saturated carbocycles. The van der Waals surface area contributed by atoms with Crippen LogP contribution in [0.25, 0.3) is 0 Å². The minimum Gasteiger partial charge on any atom is -0.445 e. The van der Waals surface area contributed by atoms with E-state index in [2.05, 4.69) is 0 Å². The largest absolute Gasteiger partial charge is 0.445 e. The van der Waals surface area contributed by atoms with E-state index in [0.717, 1.165) is 17.2 Å². The van der Waals surface area contributed by atoms with Gasteiger partial charge < -0.3 is 4.74 Å². The minimum atomic E-state index is -4.14. The van der Waals surface area contributed by atoms with Gasteiger partial charge in [0.1, 0.15) is 4.90 Å². The molecule has 0 bridgehead atoms. The number of ketones is 1. The van der Waals surface area contributed by atoms with Gasteiger partial charge in [0, 0.05) is 11.1 Å². The van der Waals surface area contributed by atoms with Crippen LogP contribution in [0.1, 0.15) is 43.5 Å². The van der Waals surface area contributed by atoms with Crippen molar-refractivity contribution in [2.75, 3.05) is 0 Å². The second-order valence-corrected chi connectivity index (χ2v) is 9.05. The first-order valence-electron chi connectivity index (χ1n) is 9.27. The smallest absolute Gasteiger partial charge is 0.339 e. The lowest BCUT2D eigenvalue weighted by atomic mass is 9.98. The summed E-state index contributed by atoms with van der Waals surface area (Å²) in [7, 11) is -4.14. The molecule has 31 heavy (non-hydrogen) atoms. The van der Waals surface area contributed by atoms with Crippen LogP contribution >= 0.6 is 11.6 Å². The van der Waals surface area contributed by atoms with E-state index in [4.69, 9.17) is 21.5 Å². The molecule has 1 unspecified atom stereocenters. The van der Waals surface area contributed by atoms with E-state index in [9.17, 15) is 18.0 Å². The van der Waals surface area contributed by atoms with Gasteiger partial charge in [-0.3, -0.25) is 4.79 Å². The molecule has 0 heterocycles. The molecule has 0 fully saturated rings. The van der Waals surface area contributed by atoms with Crippen molar-refractivity contribution in [1.29, 1.82) is 0 Å². The second-order valence-electron chi connectivity index (χ2n) is 7.12. The van der Waals surface area contributed by atoms with Crippen LogP contribution in [0, 0.1) is 13.8 Å². The number of hydrogen-bond donors (Lipinski definition) is 1. The van der Waals surface area contributed by atoms with Gasteiger partial charge in [0.25, 0.3) is 0 Å². The lowest BCUT2D eigenvalue weighted by molar-refractivity contribution is 0.0280.